The highest BCUT2D eigenvalue weighted by atomic mass is 127. The second kappa shape index (κ2) is 6.47. The van der Waals surface area contributed by atoms with Gasteiger partial charge in [-0.2, -0.15) is 0 Å². The average Bonchev–Trinajstić information content (AvgIpc) is 2.39. The fraction of sp³-hybridized carbons (Fsp3) is 0.588. The third-order valence-electron chi connectivity index (χ3n) is 3.73. The molecule has 0 spiro atoms. The summed E-state index contributed by atoms with van der Waals surface area (Å²) in [5, 5.41) is 0. The van der Waals surface area contributed by atoms with Gasteiger partial charge in [-0.15, -0.1) is 0 Å². The van der Waals surface area contributed by atoms with Gasteiger partial charge in [-0.05, 0) is 74.9 Å². The Bertz CT molecular complexity index is 596. The molecular weight excluding hydrogens is 407 g/mol. The molecule has 0 aromatic heterocycles. The lowest BCUT2D eigenvalue weighted by Crippen LogP contribution is -2.57. The number of carbonyl (C=O) groups excluding carboxylic acids is 1. The van der Waals surface area contributed by atoms with Gasteiger partial charge in [0, 0.05) is 9.26 Å². The van der Waals surface area contributed by atoms with Gasteiger partial charge in [0.25, 0.3) is 0 Å². The molecule has 128 valence electrons. The Balaban J connectivity index is 2.20. The molecule has 2 rings (SSSR count). The summed E-state index contributed by atoms with van der Waals surface area (Å²) < 4.78 is 12.5. The number of ether oxygens (including phenoxy) is 2. The zero-order chi connectivity index (χ0) is 17.4. The number of halogens is 1. The summed E-state index contributed by atoms with van der Waals surface area (Å²) in [5.74, 6) is 0. The quantitative estimate of drug-likeness (QED) is 0.539. The van der Waals surface area contributed by atoms with Crippen molar-refractivity contribution < 1.29 is 14.3 Å². The van der Waals surface area contributed by atoms with Gasteiger partial charge in [-0.25, -0.2) is 4.79 Å². The van der Waals surface area contributed by atoms with Crippen LogP contribution in [-0.2, 0) is 9.47 Å². The summed E-state index contributed by atoms with van der Waals surface area (Å²) in [6, 6.07) is 5.83. The number of hydrogen-bond acceptors (Lipinski definition) is 4. The Hall–Kier alpha value is -1.02. The van der Waals surface area contributed by atoms with Crippen LogP contribution in [0.4, 0.5) is 10.5 Å². The topological polar surface area (TPSA) is 64.8 Å². The lowest BCUT2D eigenvalue weighted by molar-refractivity contribution is -0.100. The van der Waals surface area contributed by atoms with E-state index >= 15 is 0 Å². The third-order valence-corrected chi connectivity index (χ3v) is 4.66. The zero-order valence-corrected chi connectivity index (χ0v) is 16.5. The number of nitrogens with two attached hydrogens (primary N) is 1. The van der Waals surface area contributed by atoms with E-state index in [2.05, 4.69) is 22.6 Å². The fourth-order valence-corrected chi connectivity index (χ4v) is 2.97. The first kappa shape index (κ1) is 18.3. The summed E-state index contributed by atoms with van der Waals surface area (Å²) in [6.45, 7) is 10.5. The molecule has 2 N–H and O–H groups in total. The Morgan fingerprint density at radius 2 is 2.09 bits per heavy atom. The van der Waals surface area contributed by atoms with Crippen molar-refractivity contribution in [1.82, 2.24) is 4.90 Å². The number of amides is 1. The first-order valence-corrected chi connectivity index (χ1v) is 8.75. The number of anilines is 1. The summed E-state index contributed by atoms with van der Waals surface area (Å²) in [5.41, 5.74) is 6.72. The molecule has 0 saturated carbocycles. The molecule has 0 bridgehead atoms. The van der Waals surface area contributed by atoms with Crippen molar-refractivity contribution in [2.24, 2.45) is 0 Å². The van der Waals surface area contributed by atoms with Crippen LogP contribution in [0.2, 0.25) is 0 Å². The largest absolute Gasteiger partial charge is 0.444 e. The maximum Gasteiger partial charge on any atom is 0.410 e. The number of rotatable bonds is 1. The summed E-state index contributed by atoms with van der Waals surface area (Å²) >= 11 is 2.20. The summed E-state index contributed by atoms with van der Waals surface area (Å²) in [6.07, 6.45) is -0.481. The molecule has 1 aromatic carbocycles. The smallest absolute Gasteiger partial charge is 0.410 e. The van der Waals surface area contributed by atoms with E-state index in [0.717, 1.165) is 14.8 Å². The van der Waals surface area contributed by atoms with Crippen LogP contribution in [0.3, 0.4) is 0 Å². The highest BCUT2D eigenvalue weighted by molar-refractivity contribution is 14.1. The van der Waals surface area contributed by atoms with Crippen LogP contribution < -0.4 is 5.73 Å². The molecule has 6 heteroatoms. The highest BCUT2D eigenvalue weighted by Gasteiger charge is 2.40. The van der Waals surface area contributed by atoms with Gasteiger partial charge in [-0.1, -0.05) is 6.07 Å². The van der Waals surface area contributed by atoms with E-state index in [1.54, 1.807) is 4.90 Å². The van der Waals surface area contributed by atoms with Crippen molar-refractivity contribution in [3.8, 4) is 0 Å². The molecule has 0 radical (unpaired) electrons. The van der Waals surface area contributed by atoms with E-state index in [-0.39, 0.29) is 12.2 Å². The van der Waals surface area contributed by atoms with Crippen molar-refractivity contribution in [2.75, 3.05) is 18.9 Å². The van der Waals surface area contributed by atoms with Crippen molar-refractivity contribution in [1.29, 1.82) is 0 Å². The first-order chi connectivity index (χ1) is 10.5. The number of nitrogens with zero attached hydrogens (tertiary/aromatic N) is 1. The molecule has 0 aliphatic carbocycles. The monoisotopic (exact) mass is 432 g/mol. The normalized spacial score (nSPS) is 21.1. The molecule has 1 heterocycles. The second-order valence-corrected chi connectivity index (χ2v) is 8.65. The van der Waals surface area contributed by atoms with Crippen molar-refractivity contribution in [2.45, 2.75) is 51.9 Å². The number of nitrogen functional groups attached to an aromatic ring is 1. The van der Waals surface area contributed by atoms with E-state index in [1.807, 2.05) is 52.8 Å². The average molecular weight is 432 g/mol. The van der Waals surface area contributed by atoms with Gasteiger partial charge in [0.15, 0.2) is 0 Å². The highest BCUT2D eigenvalue weighted by Crippen LogP contribution is 2.32. The molecule has 1 aliphatic rings. The van der Waals surface area contributed by atoms with Crippen molar-refractivity contribution >= 4 is 34.4 Å². The fourth-order valence-electron chi connectivity index (χ4n) is 2.43. The number of morpholine rings is 1. The number of benzene rings is 1. The predicted octanol–water partition coefficient (Wildman–Crippen LogP) is 3.96. The maximum atomic E-state index is 12.6. The Kier molecular flexibility index (Phi) is 5.15. The minimum absolute atomic E-state index is 0.176. The number of hydrogen-bond donors (Lipinski definition) is 1. The van der Waals surface area contributed by atoms with Crippen LogP contribution >= 0.6 is 22.6 Å². The minimum atomic E-state index is -0.516. The van der Waals surface area contributed by atoms with Gasteiger partial charge in [-0.3, -0.25) is 4.90 Å². The first-order valence-electron chi connectivity index (χ1n) is 7.67. The molecule has 5 nitrogen and oxygen atoms in total. The zero-order valence-electron chi connectivity index (χ0n) is 14.4. The molecule has 1 unspecified atom stereocenters. The van der Waals surface area contributed by atoms with Crippen molar-refractivity contribution in [3.05, 3.63) is 27.3 Å². The van der Waals surface area contributed by atoms with Gasteiger partial charge in [0.2, 0.25) is 0 Å². The van der Waals surface area contributed by atoms with Gasteiger partial charge in [0.1, 0.15) is 11.7 Å². The lowest BCUT2D eigenvalue weighted by Gasteiger charge is -2.45. The third kappa shape index (κ3) is 4.50. The van der Waals surface area contributed by atoms with Crippen molar-refractivity contribution in [3.63, 3.8) is 0 Å². The number of carbonyl (C=O) groups is 1. The van der Waals surface area contributed by atoms with E-state index in [0.29, 0.717) is 13.2 Å². The van der Waals surface area contributed by atoms with Gasteiger partial charge < -0.3 is 15.2 Å². The standard InChI is InChI=1S/C17H25IN2O3/c1-16(2,3)23-15(21)20-9-14(22-10-17(20,4)5)11-6-7-13(19)12(18)8-11/h6-8,14H,9-10,19H2,1-5H3. The van der Waals surface area contributed by atoms with Crippen LogP contribution in [0.25, 0.3) is 0 Å². The minimum Gasteiger partial charge on any atom is -0.444 e. The Labute approximate surface area is 151 Å². The van der Waals surface area contributed by atoms with Crippen LogP contribution in [-0.4, -0.2) is 35.3 Å². The molecule has 1 aromatic rings. The lowest BCUT2D eigenvalue weighted by atomic mass is 9.98. The van der Waals surface area contributed by atoms with E-state index in [9.17, 15) is 4.79 Å². The Morgan fingerprint density at radius 3 is 2.65 bits per heavy atom. The molecule has 1 atom stereocenters. The van der Waals surface area contributed by atoms with Crippen LogP contribution in [0, 0.1) is 3.57 Å². The SMILES string of the molecule is CC(C)(C)OC(=O)N1CC(c2ccc(N)c(I)c2)OCC1(C)C. The van der Waals surface area contributed by atoms with Crippen LogP contribution in [0.15, 0.2) is 18.2 Å². The Morgan fingerprint density at radius 1 is 1.43 bits per heavy atom. The van der Waals surface area contributed by atoms with E-state index < -0.39 is 11.1 Å². The summed E-state index contributed by atoms with van der Waals surface area (Å²) in [4.78, 5) is 14.3. The molecule has 1 saturated heterocycles. The molecule has 1 fully saturated rings. The van der Waals surface area contributed by atoms with Crippen LogP contribution in [0.5, 0.6) is 0 Å². The van der Waals surface area contributed by atoms with E-state index in [4.69, 9.17) is 15.2 Å². The maximum absolute atomic E-state index is 12.6. The van der Waals surface area contributed by atoms with Crippen LogP contribution in [0.1, 0.15) is 46.3 Å². The van der Waals surface area contributed by atoms with Gasteiger partial charge >= 0.3 is 6.09 Å². The molecular formula is C17H25IN2O3. The van der Waals surface area contributed by atoms with Gasteiger partial charge in [0.05, 0.1) is 18.7 Å². The molecule has 1 aliphatic heterocycles. The second-order valence-electron chi connectivity index (χ2n) is 7.48. The van der Waals surface area contributed by atoms with E-state index in [1.165, 1.54) is 0 Å². The molecule has 23 heavy (non-hydrogen) atoms. The summed E-state index contributed by atoms with van der Waals surface area (Å²) in [7, 11) is 0. The molecule has 1 amide bonds. The predicted molar refractivity (Wildman–Crippen MR) is 99.3 cm³/mol.